The first kappa shape index (κ1) is 8.20. The molecule has 0 spiro atoms. The standard InChI is InChI=1S/C6H8BrNOS/c1-4(8-9)5-2-3-6(7)10-5/h2-4,8-9H,1H3. The predicted octanol–water partition coefficient (Wildman–Crippen LogP) is 2.55. The lowest BCUT2D eigenvalue weighted by molar-refractivity contribution is 0.135. The summed E-state index contributed by atoms with van der Waals surface area (Å²) in [7, 11) is 0. The van der Waals surface area contributed by atoms with Crippen LogP contribution in [0.2, 0.25) is 0 Å². The topological polar surface area (TPSA) is 32.3 Å². The van der Waals surface area contributed by atoms with E-state index < -0.39 is 0 Å². The Kier molecular flexibility index (Phi) is 2.85. The molecular weight excluding hydrogens is 214 g/mol. The van der Waals surface area contributed by atoms with Crippen LogP contribution in [0.3, 0.4) is 0 Å². The van der Waals surface area contributed by atoms with E-state index in [9.17, 15) is 0 Å². The Bertz CT molecular complexity index is 213. The van der Waals surface area contributed by atoms with Crippen molar-refractivity contribution in [1.29, 1.82) is 0 Å². The Labute approximate surface area is 72.0 Å². The zero-order chi connectivity index (χ0) is 7.56. The number of hydroxylamine groups is 1. The fraction of sp³-hybridized carbons (Fsp3) is 0.333. The van der Waals surface area contributed by atoms with E-state index in [1.54, 1.807) is 11.3 Å². The van der Waals surface area contributed by atoms with Gasteiger partial charge < -0.3 is 5.21 Å². The molecule has 0 saturated carbocycles. The number of thiophene rings is 1. The van der Waals surface area contributed by atoms with Crippen molar-refractivity contribution in [2.75, 3.05) is 0 Å². The van der Waals surface area contributed by atoms with Crippen LogP contribution in [-0.2, 0) is 0 Å². The molecule has 1 aromatic heterocycles. The third-order valence-corrected chi connectivity index (χ3v) is 3.02. The molecule has 0 aliphatic heterocycles. The van der Waals surface area contributed by atoms with Crippen LogP contribution in [0.1, 0.15) is 17.8 Å². The number of halogens is 1. The molecule has 2 N–H and O–H groups in total. The van der Waals surface area contributed by atoms with Crippen LogP contribution >= 0.6 is 27.3 Å². The van der Waals surface area contributed by atoms with E-state index in [1.807, 2.05) is 19.1 Å². The highest BCUT2D eigenvalue weighted by atomic mass is 79.9. The molecule has 0 aliphatic carbocycles. The van der Waals surface area contributed by atoms with E-state index in [1.165, 1.54) is 0 Å². The zero-order valence-electron chi connectivity index (χ0n) is 5.47. The minimum absolute atomic E-state index is 0.0244. The average Bonchev–Trinajstić information content (AvgIpc) is 2.34. The summed E-state index contributed by atoms with van der Waals surface area (Å²) in [5.41, 5.74) is 2.18. The van der Waals surface area contributed by atoms with Crippen molar-refractivity contribution < 1.29 is 5.21 Å². The second-order valence-electron chi connectivity index (χ2n) is 1.99. The molecule has 0 aliphatic rings. The second kappa shape index (κ2) is 3.48. The van der Waals surface area contributed by atoms with Crippen LogP contribution in [0.25, 0.3) is 0 Å². The molecule has 2 nitrogen and oxygen atoms in total. The molecule has 1 atom stereocenters. The molecule has 0 fully saturated rings. The van der Waals surface area contributed by atoms with Crippen molar-refractivity contribution in [3.63, 3.8) is 0 Å². The second-order valence-corrected chi connectivity index (χ2v) is 4.49. The Balaban J connectivity index is 2.74. The lowest BCUT2D eigenvalue weighted by atomic mass is 10.3. The van der Waals surface area contributed by atoms with E-state index in [0.717, 1.165) is 8.66 Å². The lowest BCUT2D eigenvalue weighted by Gasteiger charge is -2.03. The molecule has 1 rings (SSSR count). The van der Waals surface area contributed by atoms with E-state index in [0.29, 0.717) is 0 Å². The Hall–Kier alpha value is 0.1000. The monoisotopic (exact) mass is 221 g/mol. The Morgan fingerprint density at radius 3 is 2.80 bits per heavy atom. The summed E-state index contributed by atoms with van der Waals surface area (Å²) in [6.07, 6.45) is 0. The van der Waals surface area contributed by atoms with Gasteiger partial charge in [-0.2, -0.15) is 5.48 Å². The van der Waals surface area contributed by atoms with Crippen LogP contribution in [0.5, 0.6) is 0 Å². The molecule has 0 radical (unpaired) electrons. The largest absolute Gasteiger partial charge is 0.316 e. The smallest absolute Gasteiger partial charge is 0.0702 e. The minimum atomic E-state index is 0.0244. The summed E-state index contributed by atoms with van der Waals surface area (Å²) in [6, 6.07) is 3.97. The third kappa shape index (κ3) is 1.79. The summed E-state index contributed by atoms with van der Waals surface area (Å²) in [4.78, 5) is 1.12. The van der Waals surface area contributed by atoms with Crippen molar-refractivity contribution in [2.24, 2.45) is 0 Å². The van der Waals surface area contributed by atoms with Gasteiger partial charge in [-0.25, -0.2) is 0 Å². The summed E-state index contributed by atoms with van der Waals surface area (Å²) >= 11 is 4.95. The molecule has 4 heteroatoms. The maximum absolute atomic E-state index is 8.54. The van der Waals surface area contributed by atoms with Crippen molar-refractivity contribution in [3.05, 3.63) is 20.8 Å². The first-order chi connectivity index (χ1) is 4.74. The molecule has 1 heterocycles. The minimum Gasteiger partial charge on any atom is -0.316 e. The summed E-state index contributed by atoms with van der Waals surface area (Å²) in [5.74, 6) is 0. The van der Waals surface area contributed by atoms with Crippen LogP contribution < -0.4 is 5.48 Å². The zero-order valence-corrected chi connectivity index (χ0v) is 7.87. The quantitative estimate of drug-likeness (QED) is 0.753. The predicted molar refractivity (Wildman–Crippen MR) is 45.4 cm³/mol. The maximum atomic E-state index is 8.54. The van der Waals surface area contributed by atoms with Gasteiger partial charge in [-0.1, -0.05) is 0 Å². The third-order valence-electron chi connectivity index (χ3n) is 1.21. The first-order valence-electron chi connectivity index (χ1n) is 2.89. The first-order valence-corrected chi connectivity index (χ1v) is 4.50. The SMILES string of the molecule is CC(NO)c1ccc(Br)s1. The van der Waals surface area contributed by atoms with E-state index in [-0.39, 0.29) is 6.04 Å². The van der Waals surface area contributed by atoms with Gasteiger partial charge in [0.1, 0.15) is 0 Å². The summed E-state index contributed by atoms with van der Waals surface area (Å²) < 4.78 is 1.09. The van der Waals surface area contributed by atoms with Crippen LogP contribution in [0.4, 0.5) is 0 Å². The molecule has 0 aromatic carbocycles. The van der Waals surface area contributed by atoms with E-state index >= 15 is 0 Å². The van der Waals surface area contributed by atoms with Gasteiger partial charge in [-0.15, -0.1) is 11.3 Å². The van der Waals surface area contributed by atoms with Gasteiger partial charge in [0.05, 0.1) is 9.83 Å². The number of nitrogens with one attached hydrogen (secondary N) is 1. The number of hydrogen-bond donors (Lipinski definition) is 2. The fourth-order valence-corrected chi connectivity index (χ4v) is 2.04. The molecule has 1 aromatic rings. The molecular formula is C6H8BrNOS. The summed E-state index contributed by atoms with van der Waals surface area (Å²) in [6.45, 7) is 1.90. The molecule has 1 unspecified atom stereocenters. The highest BCUT2D eigenvalue weighted by Crippen LogP contribution is 2.26. The van der Waals surface area contributed by atoms with Gasteiger partial charge in [-0.05, 0) is 35.0 Å². The van der Waals surface area contributed by atoms with Gasteiger partial charge in [0, 0.05) is 4.88 Å². The molecule has 56 valence electrons. The summed E-state index contributed by atoms with van der Waals surface area (Å²) in [5, 5.41) is 8.54. The molecule has 0 amide bonds. The number of hydrogen-bond acceptors (Lipinski definition) is 3. The maximum Gasteiger partial charge on any atom is 0.0702 e. The van der Waals surface area contributed by atoms with Gasteiger partial charge >= 0.3 is 0 Å². The molecule has 10 heavy (non-hydrogen) atoms. The Morgan fingerprint density at radius 2 is 2.40 bits per heavy atom. The van der Waals surface area contributed by atoms with Crippen molar-refractivity contribution in [2.45, 2.75) is 13.0 Å². The van der Waals surface area contributed by atoms with E-state index in [4.69, 9.17) is 5.21 Å². The Morgan fingerprint density at radius 1 is 1.70 bits per heavy atom. The molecule has 0 saturated heterocycles. The van der Waals surface area contributed by atoms with Crippen LogP contribution in [0.15, 0.2) is 15.9 Å². The fourth-order valence-electron chi connectivity index (χ4n) is 0.625. The lowest BCUT2D eigenvalue weighted by Crippen LogP contribution is -2.11. The van der Waals surface area contributed by atoms with Crippen LogP contribution in [-0.4, -0.2) is 5.21 Å². The van der Waals surface area contributed by atoms with Gasteiger partial charge in [0.2, 0.25) is 0 Å². The van der Waals surface area contributed by atoms with E-state index in [2.05, 4.69) is 21.4 Å². The molecule has 0 bridgehead atoms. The van der Waals surface area contributed by atoms with Crippen molar-refractivity contribution >= 4 is 27.3 Å². The van der Waals surface area contributed by atoms with Gasteiger partial charge in [-0.3, -0.25) is 0 Å². The average molecular weight is 222 g/mol. The van der Waals surface area contributed by atoms with Gasteiger partial charge in [0.15, 0.2) is 0 Å². The highest BCUT2D eigenvalue weighted by molar-refractivity contribution is 9.11. The highest BCUT2D eigenvalue weighted by Gasteiger charge is 2.04. The van der Waals surface area contributed by atoms with Crippen molar-refractivity contribution in [1.82, 2.24) is 5.48 Å². The van der Waals surface area contributed by atoms with Crippen LogP contribution in [0, 0.1) is 0 Å². The van der Waals surface area contributed by atoms with Crippen molar-refractivity contribution in [3.8, 4) is 0 Å². The normalized spacial score (nSPS) is 13.5. The number of rotatable bonds is 2. The van der Waals surface area contributed by atoms with Gasteiger partial charge in [0.25, 0.3) is 0 Å².